The van der Waals surface area contributed by atoms with Crippen LogP contribution in [0, 0.1) is 6.92 Å². The van der Waals surface area contributed by atoms with Gasteiger partial charge in [0.15, 0.2) is 0 Å². The average Bonchev–Trinajstić information content (AvgIpc) is 2.98. The van der Waals surface area contributed by atoms with E-state index in [1.165, 1.54) is 13.0 Å². The number of hydrogen-bond acceptors (Lipinski definition) is 4. The van der Waals surface area contributed by atoms with Crippen molar-refractivity contribution < 1.29 is 23.9 Å². The topological polar surface area (TPSA) is 99.9 Å². The molecule has 0 radical (unpaired) electrons. The van der Waals surface area contributed by atoms with Crippen molar-refractivity contribution in [3.8, 4) is 0 Å². The monoisotopic (exact) mass is 358 g/mol. The molecule has 0 aliphatic carbocycles. The number of benzene rings is 1. The van der Waals surface area contributed by atoms with E-state index in [1.54, 1.807) is 11.8 Å². The van der Waals surface area contributed by atoms with Crippen molar-refractivity contribution in [2.45, 2.75) is 33.4 Å². The zero-order valence-electron chi connectivity index (χ0n) is 14.8. The Morgan fingerprint density at radius 1 is 1.19 bits per heavy atom. The maximum Gasteiger partial charge on any atom is 0.339 e. The number of rotatable bonds is 8. The van der Waals surface area contributed by atoms with Crippen LogP contribution in [0.5, 0.6) is 0 Å². The van der Waals surface area contributed by atoms with Crippen molar-refractivity contribution in [3.63, 3.8) is 0 Å². The Labute approximate surface area is 151 Å². The van der Waals surface area contributed by atoms with E-state index in [-0.39, 0.29) is 30.3 Å². The van der Waals surface area contributed by atoms with E-state index < -0.39 is 5.97 Å². The van der Waals surface area contributed by atoms with Crippen LogP contribution in [0.25, 0.3) is 0 Å². The van der Waals surface area contributed by atoms with Crippen LogP contribution in [0.1, 0.15) is 40.8 Å². The minimum Gasteiger partial charge on any atom is -0.478 e. The van der Waals surface area contributed by atoms with Gasteiger partial charge >= 0.3 is 5.97 Å². The number of carboxylic acid groups (broad SMARTS) is 1. The SMILES string of the molecule is CC(=O)N(CCC(=O)NCc1cc(C(=O)O)c(C)o1)Cc1ccccc1. The van der Waals surface area contributed by atoms with Crippen LogP contribution in [-0.2, 0) is 22.7 Å². The molecule has 0 aliphatic rings. The van der Waals surface area contributed by atoms with Crippen molar-refractivity contribution >= 4 is 17.8 Å². The standard InChI is InChI=1S/C19H22N2O5/c1-13-17(19(24)25)10-16(26-13)11-20-18(23)8-9-21(14(2)22)12-15-6-4-3-5-7-15/h3-7,10H,8-9,11-12H2,1-2H3,(H,20,23)(H,24,25). The Bertz CT molecular complexity index is 782. The molecular weight excluding hydrogens is 336 g/mol. The second-order valence-electron chi connectivity index (χ2n) is 5.94. The first-order valence-electron chi connectivity index (χ1n) is 8.25. The number of nitrogens with one attached hydrogen (secondary N) is 1. The zero-order chi connectivity index (χ0) is 19.1. The third-order valence-corrected chi connectivity index (χ3v) is 3.93. The van der Waals surface area contributed by atoms with Gasteiger partial charge in [-0.05, 0) is 18.6 Å². The van der Waals surface area contributed by atoms with Gasteiger partial charge in [0.2, 0.25) is 11.8 Å². The quantitative estimate of drug-likeness (QED) is 0.754. The van der Waals surface area contributed by atoms with Gasteiger partial charge in [0.1, 0.15) is 17.1 Å². The van der Waals surface area contributed by atoms with Crippen LogP contribution in [0.15, 0.2) is 40.8 Å². The molecule has 0 saturated heterocycles. The lowest BCUT2D eigenvalue weighted by atomic mass is 10.2. The number of furan rings is 1. The molecule has 26 heavy (non-hydrogen) atoms. The van der Waals surface area contributed by atoms with Crippen LogP contribution >= 0.6 is 0 Å². The molecule has 0 saturated carbocycles. The Balaban J connectivity index is 1.83. The van der Waals surface area contributed by atoms with E-state index in [0.717, 1.165) is 5.56 Å². The molecule has 0 atom stereocenters. The smallest absolute Gasteiger partial charge is 0.339 e. The molecule has 1 aromatic carbocycles. The van der Waals surface area contributed by atoms with Gasteiger partial charge in [-0.1, -0.05) is 30.3 Å². The van der Waals surface area contributed by atoms with Crippen molar-refractivity contribution in [1.82, 2.24) is 10.2 Å². The maximum atomic E-state index is 12.0. The van der Waals surface area contributed by atoms with E-state index in [2.05, 4.69) is 5.32 Å². The number of aryl methyl sites for hydroxylation is 1. The molecule has 0 spiro atoms. The highest BCUT2D eigenvalue weighted by molar-refractivity contribution is 5.88. The fourth-order valence-electron chi connectivity index (χ4n) is 2.51. The third kappa shape index (κ3) is 5.47. The highest BCUT2D eigenvalue weighted by Crippen LogP contribution is 2.14. The number of aromatic carboxylic acids is 1. The van der Waals surface area contributed by atoms with E-state index in [1.807, 2.05) is 30.3 Å². The average molecular weight is 358 g/mol. The number of carboxylic acids is 1. The molecule has 0 aliphatic heterocycles. The molecule has 0 bridgehead atoms. The second kappa shape index (κ2) is 8.84. The molecule has 138 valence electrons. The normalized spacial score (nSPS) is 10.4. The van der Waals surface area contributed by atoms with Gasteiger partial charge in [-0.25, -0.2) is 4.79 Å². The summed E-state index contributed by atoms with van der Waals surface area (Å²) < 4.78 is 5.31. The summed E-state index contributed by atoms with van der Waals surface area (Å²) in [5.74, 6) is -0.736. The van der Waals surface area contributed by atoms with E-state index >= 15 is 0 Å². The molecule has 1 heterocycles. The van der Waals surface area contributed by atoms with Crippen molar-refractivity contribution in [2.75, 3.05) is 6.54 Å². The molecule has 1 aromatic heterocycles. The maximum absolute atomic E-state index is 12.0. The summed E-state index contributed by atoms with van der Waals surface area (Å²) in [5.41, 5.74) is 1.08. The number of carbonyl (C=O) groups excluding carboxylic acids is 2. The molecule has 2 aromatic rings. The summed E-state index contributed by atoms with van der Waals surface area (Å²) in [7, 11) is 0. The summed E-state index contributed by atoms with van der Waals surface area (Å²) in [4.78, 5) is 36.4. The fraction of sp³-hybridized carbons (Fsp3) is 0.316. The third-order valence-electron chi connectivity index (χ3n) is 3.93. The summed E-state index contributed by atoms with van der Waals surface area (Å²) in [6.07, 6.45) is 0.151. The van der Waals surface area contributed by atoms with Crippen LogP contribution < -0.4 is 5.32 Å². The van der Waals surface area contributed by atoms with Gasteiger partial charge in [-0.15, -0.1) is 0 Å². The zero-order valence-corrected chi connectivity index (χ0v) is 14.8. The van der Waals surface area contributed by atoms with Crippen molar-refractivity contribution in [1.29, 1.82) is 0 Å². The minimum atomic E-state index is -1.07. The lowest BCUT2D eigenvalue weighted by Gasteiger charge is -2.20. The Morgan fingerprint density at radius 3 is 2.46 bits per heavy atom. The Kier molecular flexibility index (Phi) is 6.54. The number of carbonyl (C=O) groups is 3. The molecule has 7 heteroatoms. The predicted octanol–water partition coefficient (Wildman–Crippen LogP) is 2.34. The van der Waals surface area contributed by atoms with Gasteiger partial charge in [-0.3, -0.25) is 9.59 Å². The lowest BCUT2D eigenvalue weighted by Crippen LogP contribution is -2.33. The van der Waals surface area contributed by atoms with Gasteiger partial charge in [0, 0.05) is 26.4 Å². The number of amides is 2. The molecule has 2 N–H and O–H groups in total. The first-order chi connectivity index (χ1) is 12.4. The van der Waals surface area contributed by atoms with E-state index in [4.69, 9.17) is 9.52 Å². The van der Waals surface area contributed by atoms with E-state index in [9.17, 15) is 14.4 Å². The highest BCUT2D eigenvalue weighted by atomic mass is 16.4. The largest absolute Gasteiger partial charge is 0.478 e. The Morgan fingerprint density at radius 2 is 1.88 bits per heavy atom. The van der Waals surface area contributed by atoms with Crippen molar-refractivity contribution in [2.24, 2.45) is 0 Å². The lowest BCUT2D eigenvalue weighted by molar-refractivity contribution is -0.130. The molecule has 2 rings (SSSR count). The summed E-state index contributed by atoms with van der Waals surface area (Å²) in [6.45, 7) is 3.88. The molecule has 0 unspecified atom stereocenters. The molecular formula is C19H22N2O5. The molecule has 7 nitrogen and oxygen atoms in total. The van der Waals surface area contributed by atoms with Gasteiger partial charge < -0.3 is 19.7 Å². The minimum absolute atomic E-state index is 0.0832. The second-order valence-corrected chi connectivity index (χ2v) is 5.94. The summed E-state index contributed by atoms with van der Waals surface area (Å²) in [5, 5.41) is 11.7. The number of nitrogens with zero attached hydrogens (tertiary/aromatic N) is 1. The molecule has 0 fully saturated rings. The van der Waals surface area contributed by atoms with Gasteiger partial charge in [0.25, 0.3) is 0 Å². The van der Waals surface area contributed by atoms with Crippen LogP contribution in [0.3, 0.4) is 0 Å². The van der Waals surface area contributed by atoms with Crippen LogP contribution in [0.2, 0.25) is 0 Å². The first kappa shape index (κ1) is 19.2. The highest BCUT2D eigenvalue weighted by Gasteiger charge is 2.15. The van der Waals surface area contributed by atoms with Gasteiger partial charge in [0.05, 0.1) is 6.54 Å². The van der Waals surface area contributed by atoms with Crippen LogP contribution in [0.4, 0.5) is 0 Å². The van der Waals surface area contributed by atoms with Crippen molar-refractivity contribution in [3.05, 3.63) is 59.0 Å². The summed E-state index contributed by atoms with van der Waals surface area (Å²) >= 11 is 0. The van der Waals surface area contributed by atoms with E-state index in [0.29, 0.717) is 24.6 Å². The summed E-state index contributed by atoms with van der Waals surface area (Å²) in [6, 6.07) is 11.0. The molecule has 2 amide bonds. The Hall–Kier alpha value is -3.09. The van der Waals surface area contributed by atoms with Crippen LogP contribution in [-0.4, -0.2) is 34.3 Å². The van der Waals surface area contributed by atoms with Gasteiger partial charge in [-0.2, -0.15) is 0 Å². The predicted molar refractivity (Wildman–Crippen MR) is 94.4 cm³/mol. The first-order valence-corrected chi connectivity index (χ1v) is 8.25. The fourth-order valence-corrected chi connectivity index (χ4v) is 2.51. The number of hydrogen-bond donors (Lipinski definition) is 2.